The molecular formula is C19H17BO. The number of furan rings is 1. The van der Waals surface area contributed by atoms with Gasteiger partial charge >= 0.3 is 0 Å². The lowest BCUT2D eigenvalue weighted by atomic mass is 9.73. The second kappa shape index (κ2) is 4.80. The van der Waals surface area contributed by atoms with Gasteiger partial charge in [-0.05, 0) is 17.9 Å². The van der Waals surface area contributed by atoms with E-state index in [1.165, 1.54) is 22.1 Å². The average Bonchev–Trinajstić information content (AvgIpc) is 2.89. The number of aryl methyl sites for hydroxylation is 1. The predicted octanol–water partition coefficient (Wildman–Crippen LogP) is 4.94. The van der Waals surface area contributed by atoms with Crippen LogP contribution in [0.5, 0.6) is 0 Å². The van der Waals surface area contributed by atoms with E-state index in [2.05, 4.69) is 55.5 Å². The molecule has 21 heavy (non-hydrogen) atoms. The number of fused-ring (bicyclic) bond motifs is 3. The molecule has 1 aromatic carbocycles. The van der Waals surface area contributed by atoms with Crippen molar-refractivity contribution in [3.8, 4) is 0 Å². The molecule has 2 aromatic rings. The molecule has 4 rings (SSSR count). The highest BCUT2D eigenvalue weighted by molar-refractivity contribution is 6.14. The summed E-state index contributed by atoms with van der Waals surface area (Å²) >= 11 is 0. The monoisotopic (exact) mass is 272 g/mol. The van der Waals surface area contributed by atoms with Gasteiger partial charge in [-0.2, -0.15) is 0 Å². The number of allylic oxidation sites excluding steroid dienone is 5. The second-order valence-electron chi connectivity index (χ2n) is 5.98. The van der Waals surface area contributed by atoms with Gasteiger partial charge in [-0.25, -0.2) is 0 Å². The summed E-state index contributed by atoms with van der Waals surface area (Å²) in [5, 5.41) is 1.22. The Balaban J connectivity index is 1.91. The van der Waals surface area contributed by atoms with Crippen molar-refractivity contribution < 1.29 is 4.42 Å². The fourth-order valence-electron chi connectivity index (χ4n) is 3.22. The molecule has 1 aromatic heterocycles. The molecule has 1 heterocycles. The zero-order valence-corrected chi connectivity index (χ0v) is 12.2. The topological polar surface area (TPSA) is 13.1 Å². The lowest BCUT2D eigenvalue weighted by Gasteiger charge is -2.19. The van der Waals surface area contributed by atoms with Crippen molar-refractivity contribution in [2.24, 2.45) is 5.92 Å². The van der Waals surface area contributed by atoms with Crippen molar-refractivity contribution >= 4 is 30.5 Å². The smallest absolute Gasteiger partial charge is 0.142 e. The highest BCUT2D eigenvalue weighted by Gasteiger charge is 2.19. The first-order valence-corrected chi connectivity index (χ1v) is 7.61. The van der Waals surface area contributed by atoms with Crippen LogP contribution >= 0.6 is 0 Å². The molecule has 2 aliphatic rings. The van der Waals surface area contributed by atoms with Crippen LogP contribution in [0.2, 0.25) is 5.82 Å². The van der Waals surface area contributed by atoms with Crippen LogP contribution < -0.4 is 0 Å². The van der Waals surface area contributed by atoms with Gasteiger partial charge in [0.1, 0.15) is 11.3 Å². The fourth-order valence-corrected chi connectivity index (χ4v) is 3.22. The van der Waals surface area contributed by atoms with Crippen molar-refractivity contribution in [1.29, 1.82) is 0 Å². The minimum Gasteiger partial charge on any atom is -0.460 e. The molecule has 0 bridgehead atoms. The maximum absolute atomic E-state index is 6.18. The number of para-hydroxylation sites is 1. The molecule has 0 aliphatic heterocycles. The third kappa shape index (κ3) is 2.01. The van der Waals surface area contributed by atoms with E-state index in [9.17, 15) is 0 Å². The van der Waals surface area contributed by atoms with Gasteiger partial charge in [-0.1, -0.05) is 61.3 Å². The molecule has 2 atom stereocenters. The van der Waals surface area contributed by atoms with E-state index in [1.54, 1.807) is 0 Å². The minimum absolute atomic E-state index is 0.112. The highest BCUT2D eigenvalue weighted by atomic mass is 16.3. The van der Waals surface area contributed by atoms with Gasteiger partial charge in [0.05, 0.1) is 7.85 Å². The van der Waals surface area contributed by atoms with Crippen LogP contribution in [0.4, 0.5) is 0 Å². The Hall–Kier alpha value is -1.96. The maximum Gasteiger partial charge on any atom is 0.142 e. The summed E-state index contributed by atoms with van der Waals surface area (Å²) in [7, 11) is 6.05. The van der Waals surface area contributed by atoms with Gasteiger partial charge in [-0.3, -0.25) is 0 Å². The molecule has 0 fully saturated rings. The first-order valence-electron chi connectivity index (χ1n) is 7.61. The van der Waals surface area contributed by atoms with Gasteiger partial charge in [-0.15, -0.1) is 0 Å². The van der Waals surface area contributed by atoms with Crippen LogP contribution in [0, 0.1) is 5.92 Å². The molecule has 2 aliphatic carbocycles. The third-order valence-corrected chi connectivity index (χ3v) is 4.51. The SMILES string of the molecule is [B]C1C=CC(c2cccc3c4c(oc23)CCC=C4)=C[C@@H]1C. The van der Waals surface area contributed by atoms with E-state index < -0.39 is 0 Å². The summed E-state index contributed by atoms with van der Waals surface area (Å²) < 4.78 is 6.18. The fraction of sp³-hybridized carbons (Fsp3) is 0.263. The van der Waals surface area contributed by atoms with Gasteiger partial charge < -0.3 is 4.42 Å². The number of hydrogen-bond acceptors (Lipinski definition) is 1. The Labute approximate surface area is 126 Å². The van der Waals surface area contributed by atoms with Crippen LogP contribution in [0.3, 0.4) is 0 Å². The lowest BCUT2D eigenvalue weighted by Crippen LogP contribution is -2.04. The molecule has 0 amide bonds. The zero-order valence-electron chi connectivity index (χ0n) is 12.2. The molecule has 2 radical (unpaired) electrons. The van der Waals surface area contributed by atoms with Crippen LogP contribution in [0.1, 0.15) is 30.2 Å². The van der Waals surface area contributed by atoms with E-state index >= 15 is 0 Å². The largest absolute Gasteiger partial charge is 0.460 e. The summed E-state index contributed by atoms with van der Waals surface area (Å²) in [5.41, 5.74) is 4.64. The summed E-state index contributed by atoms with van der Waals surface area (Å²) in [6, 6.07) is 6.41. The molecule has 102 valence electrons. The maximum atomic E-state index is 6.18. The Morgan fingerprint density at radius 2 is 2.14 bits per heavy atom. The Kier molecular flexibility index (Phi) is 2.92. The first-order chi connectivity index (χ1) is 10.2. The molecular weight excluding hydrogens is 255 g/mol. The van der Waals surface area contributed by atoms with Crippen molar-refractivity contribution in [3.63, 3.8) is 0 Å². The van der Waals surface area contributed by atoms with Gasteiger partial charge in [0.2, 0.25) is 0 Å². The van der Waals surface area contributed by atoms with Crippen molar-refractivity contribution in [1.82, 2.24) is 0 Å². The van der Waals surface area contributed by atoms with E-state index in [1.807, 2.05) is 0 Å². The molecule has 0 saturated heterocycles. The van der Waals surface area contributed by atoms with Crippen LogP contribution in [-0.2, 0) is 6.42 Å². The van der Waals surface area contributed by atoms with Crippen molar-refractivity contribution in [2.45, 2.75) is 25.6 Å². The quantitative estimate of drug-likeness (QED) is 0.670. The lowest BCUT2D eigenvalue weighted by molar-refractivity contribution is 0.545. The second-order valence-corrected chi connectivity index (χ2v) is 5.98. The minimum atomic E-state index is 0.112. The molecule has 0 spiro atoms. The summed E-state index contributed by atoms with van der Waals surface area (Å²) in [4.78, 5) is 0. The summed E-state index contributed by atoms with van der Waals surface area (Å²) in [6.07, 6.45) is 12.9. The molecule has 1 nitrogen and oxygen atoms in total. The normalized spacial score (nSPS) is 24.1. The zero-order chi connectivity index (χ0) is 14.4. The van der Waals surface area contributed by atoms with Crippen LogP contribution in [0.15, 0.2) is 46.9 Å². The van der Waals surface area contributed by atoms with Gasteiger partial charge in [0.25, 0.3) is 0 Å². The third-order valence-electron chi connectivity index (χ3n) is 4.51. The summed E-state index contributed by atoms with van der Waals surface area (Å²) in [6.45, 7) is 2.16. The van der Waals surface area contributed by atoms with Crippen molar-refractivity contribution in [2.75, 3.05) is 0 Å². The van der Waals surface area contributed by atoms with Crippen LogP contribution in [-0.4, -0.2) is 7.85 Å². The first kappa shape index (κ1) is 12.8. The predicted molar refractivity (Wildman–Crippen MR) is 89.4 cm³/mol. The van der Waals surface area contributed by atoms with E-state index in [4.69, 9.17) is 12.3 Å². The van der Waals surface area contributed by atoms with Gasteiger partial charge in [0, 0.05) is 22.9 Å². The number of rotatable bonds is 1. The molecule has 0 N–H and O–H groups in total. The van der Waals surface area contributed by atoms with E-state index in [0.29, 0.717) is 5.92 Å². The van der Waals surface area contributed by atoms with Gasteiger partial charge in [0.15, 0.2) is 0 Å². The Morgan fingerprint density at radius 1 is 1.24 bits per heavy atom. The van der Waals surface area contributed by atoms with Crippen molar-refractivity contribution in [3.05, 3.63) is 59.4 Å². The number of benzene rings is 1. The molecule has 0 saturated carbocycles. The molecule has 2 heteroatoms. The highest BCUT2D eigenvalue weighted by Crippen LogP contribution is 2.37. The van der Waals surface area contributed by atoms with E-state index in [-0.39, 0.29) is 5.82 Å². The Bertz CT molecular complexity index is 791. The van der Waals surface area contributed by atoms with E-state index in [0.717, 1.165) is 24.2 Å². The standard InChI is InChI=1S/C19H17BO/c1-12-11-13(9-10-17(12)20)14-6-4-7-16-15-5-2-3-8-18(15)21-19(14)16/h2,4-7,9-12,17H,3,8H2,1H3/t12-,17?/m0/s1. The molecule has 1 unspecified atom stereocenters. The van der Waals surface area contributed by atoms with Crippen LogP contribution in [0.25, 0.3) is 22.6 Å². The summed E-state index contributed by atoms with van der Waals surface area (Å²) in [5.74, 6) is 1.58. The average molecular weight is 272 g/mol. The number of hydrogen-bond donors (Lipinski definition) is 0. The Morgan fingerprint density at radius 3 is 3.00 bits per heavy atom.